The number of esters is 1. The molecule has 138 valence electrons. The number of carbonyl (C=O) groups excluding carboxylic acids is 1. The zero-order valence-corrected chi connectivity index (χ0v) is 14.9. The van der Waals surface area contributed by atoms with Crippen molar-refractivity contribution in [2.45, 2.75) is 57.0 Å². The van der Waals surface area contributed by atoms with Gasteiger partial charge < -0.3 is 14.4 Å². The van der Waals surface area contributed by atoms with Crippen LogP contribution in [0.3, 0.4) is 0 Å². The van der Waals surface area contributed by atoms with Crippen LogP contribution in [0.2, 0.25) is 0 Å². The van der Waals surface area contributed by atoms with E-state index in [4.69, 9.17) is 9.26 Å². The van der Waals surface area contributed by atoms with Crippen LogP contribution in [-0.4, -0.2) is 33.9 Å². The Balaban J connectivity index is 1.29. The van der Waals surface area contributed by atoms with Crippen molar-refractivity contribution < 1.29 is 19.2 Å². The van der Waals surface area contributed by atoms with E-state index in [0.29, 0.717) is 24.7 Å². The van der Waals surface area contributed by atoms with Gasteiger partial charge in [0.25, 0.3) is 0 Å². The number of aromatic nitrogens is 2. The van der Waals surface area contributed by atoms with Gasteiger partial charge in [0.1, 0.15) is 0 Å². The summed E-state index contributed by atoms with van der Waals surface area (Å²) in [5.41, 5.74) is 2.05. The van der Waals surface area contributed by atoms with Gasteiger partial charge in [0.05, 0.1) is 19.1 Å². The second kappa shape index (κ2) is 7.19. The van der Waals surface area contributed by atoms with Gasteiger partial charge in [-0.05, 0) is 43.7 Å². The molecule has 2 saturated carbocycles. The number of hydrogen-bond acceptors (Lipinski definition) is 6. The van der Waals surface area contributed by atoms with Crippen molar-refractivity contribution in [3.05, 3.63) is 47.1 Å². The minimum atomic E-state index is -0.512. The summed E-state index contributed by atoms with van der Waals surface area (Å²) in [6, 6.07) is 7.78. The van der Waals surface area contributed by atoms with Crippen molar-refractivity contribution in [2.75, 3.05) is 6.61 Å². The quantitative estimate of drug-likeness (QED) is 0.801. The molecule has 6 nitrogen and oxygen atoms in total. The minimum Gasteiger partial charge on any atom is -0.465 e. The topological polar surface area (TPSA) is 85.5 Å². The molecule has 6 heteroatoms. The van der Waals surface area contributed by atoms with E-state index in [1.807, 2.05) is 31.2 Å². The highest BCUT2D eigenvalue weighted by molar-refractivity contribution is 5.73. The zero-order valence-electron chi connectivity index (χ0n) is 14.9. The van der Waals surface area contributed by atoms with Crippen LogP contribution < -0.4 is 0 Å². The Morgan fingerprint density at radius 1 is 1.27 bits per heavy atom. The van der Waals surface area contributed by atoms with Crippen LogP contribution in [0.25, 0.3) is 0 Å². The monoisotopic (exact) mass is 356 g/mol. The lowest BCUT2D eigenvalue weighted by molar-refractivity contribution is -0.145. The summed E-state index contributed by atoms with van der Waals surface area (Å²) in [6.07, 6.45) is 3.28. The average molecular weight is 356 g/mol. The second-order valence-corrected chi connectivity index (χ2v) is 7.55. The average Bonchev–Trinajstić information content (AvgIpc) is 3.23. The molecule has 0 amide bonds. The van der Waals surface area contributed by atoms with Crippen LogP contribution in [0.5, 0.6) is 0 Å². The zero-order chi connectivity index (χ0) is 18.1. The molecule has 0 bridgehead atoms. The molecule has 1 aromatic carbocycles. The Morgan fingerprint density at radius 2 is 2.08 bits per heavy atom. The van der Waals surface area contributed by atoms with E-state index in [1.54, 1.807) is 0 Å². The fraction of sp³-hybridized carbons (Fsp3) is 0.550. The Kier molecular flexibility index (Phi) is 4.76. The van der Waals surface area contributed by atoms with Crippen molar-refractivity contribution in [1.29, 1.82) is 0 Å². The van der Waals surface area contributed by atoms with Crippen molar-refractivity contribution in [2.24, 2.45) is 5.92 Å². The molecular formula is C20H24N2O4. The molecule has 0 unspecified atom stereocenters. The third kappa shape index (κ3) is 3.80. The molecule has 26 heavy (non-hydrogen) atoms. The first-order chi connectivity index (χ1) is 12.6. The summed E-state index contributed by atoms with van der Waals surface area (Å²) in [5, 5.41) is 14.4. The first kappa shape index (κ1) is 17.2. The molecule has 2 fully saturated rings. The van der Waals surface area contributed by atoms with Crippen molar-refractivity contribution in [1.82, 2.24) is 10.1 Å². The van der Waals surface area contributed by atoms with Gasteiger partial charge in [-0.15, -0.1) is 0 Å². The highest BCUT2D eigenvalue weighted by Gasteiger charge is 2.38. The smallest absolute Gasteiger partial charge is 0.310 e. The number of aryl methyl sites for hydroxylation is 1. The molecule has 2 aromatic rings. The standard InChI is InChI=1S/C20H24N2O4/c1-12-4-2-3-5-14(12)10-18(24)25-11-16-8-15(9-17(16)23)20-21-19(22-26-20)13-6-7-13/h2-5,13,15-17,23H,6-11H2,1H3/t15-,16+,17+/m1/s1. The highest BCUT2D eigenvalue weighted by Crippen LogP contribution is 2.41. The predicted molar refractivity (Wildman–Crippen MR) is 93.6 cm³/mol. The molecule has 0 aliphatic heterocycles. The lowest BCUT2D eigenvalue weighted by Crippen LogP contribution is -2.21. The van der Waals surface area contributed by atoms with Gasteiger partial charge in [-0.25, -0.2) is 0 Å². The molecule has 1 aromatic heterocycles. The molecule has 1 N–H and O–H groups in total. The SMILES string of the molecule is Cc1ccccc1CC(=O)OC[C@@H]1C[C@@H](c2nc(C3CC3)no2)C[C@@H]1O. The van der Waals surface area contributed by atoms with Gasteiger partial charge in [-0.3, -0.25) is 4.79 Å². The number of aliphatic hydroxyl groups is 1. The van der Waals surface area contributed by atoms with E-state index in [0.717, 1.165) is 29.8 Å². The molecule has 1 heterocycles. The van der Waals surface area contributed by atoms with Crippen LogP contribution in [0.15, 0.2) is 28.8 Å². The van der Waals surface area contributed by atoms with E-state index >= 15 is 0 Å². The fourth-order valence-corrected chi connectivity index (χ4v) is 3.62. The van der Waals surface area contributed by atoms with Crippen molar-refractivity contribution in [3.63, 3.8) is 0 Å². The molecule has 2 aliphatic carbocycles. The summed E-state index contributed by atoms with van der Waals surface area (Å²) in [7, 11) is 0. The normalized spacial score (nSPS) is 25.4. The van der Waals surface area contributed by atoms with Crippen LogP contribution in [0.4, 0.5) is 0 Å². The van der Waals surface area contributed by atoms with E-state index in [9.17, 15) is 9.90 Å². The second-order valence-electron chi connectivity index (χ2n) is 7.55. The van der Waals surface area contributed by atoms with Crippen molar-refractivity contribution >= 4 is 5.97 Å². The molecule has 4 rings (SSSR count). The third-order valence-corrected chi connectivity index (χ3v) is 5.46. The number of carbonyl (C=O) groups is 1. The van der Waals surface area contributed by atoms with Crippen LogP contribution in [-0.2, 0) is 16.0 Å². The first-order valence-corrected chi connectivity index (χ1v) is 9.32. The largest absolute Gasteiger partial charge is 0.465 e. The van der Waals surface area contributed by atoms with E-state index < -0.39 is 6.10 Å². The predicted octanol–water partition coefficient (Wildman–Crippen LogP) is 2.90. The molecule has 0 spiro atoms. The van der Waals surface area contributed by atoms with E-state index in [-0.39, 0.29) is 30.8 Å². The minimum absolute atomic E-state index is 0.0464. The molecule has 3 atom stereocenters. The number of ether oxygens (including phenoxy) is 1. The maximum Gasteiger partial charge on any atom is 0.310 e. The van der Waals surface area contributed by atoms with Gasteiger partial charge in [0.2, 0.25) is 5.89 Å². The summed E-state index contributed by atoms with van der Waals surface area (Å²) >= 11 is 0. The maximum atomic E-state index is 12.1. The van der Waals surface area contributed by atoms with Gasteiger partial charge in [0, 0.05) is 17.8 Å². The Labute approximate surface area is 152 Å². The molecular weight excluding hydrogens is 332 g/mol. The lowest BCUT2D eigenvalue weighted by atomic mass is 10.0. The number of hydrogen-bond donors (Lipinski definition) is 1. The third-order valence-electron chi connectivity index (χ3n) is 5.46. The number of rotatable bonds is 6. The van der Waals surface area contributed by atoms with Gasteiger partial charge in [-0.1, -0.05) is 29.4 Å². The number of aliphatic hydroxyl groups excluding tert-OH is 1. The van der Waals surface area contributed by atoms with Crippen LogP contribution >= 0.6 is 0 Å². The molecule has 2 aliphatic rings. The number of nitrogens with zero attached hydrogens (tertiary/aromatic N) is 2. The Morgan fingerprint density at radius 3 is 2.85 bits per heavy atom. The van der Waals surface area contributed by atoms with Crippen LogP contribution in [0.1, 0.15) is 60.4 Å². The number of benzene rings is 1. The molecule has 0 radical (unpaired) electrons. The Hall–Kier alpha value is -2.21. The summed E-state index contributed by atoms with van der Waals surface area (Å²) in [5.74, 6) is 1.56. The van der Waals surface area contributed by atoms with E-state index in [2.05, 4.69) is 10.1 Å². The van der Waals surface area contributed by atoms with E-state index in [1.165, 1.54) is 0 Å². The van der Waals surface area contributed by atoms with Crippen molar-refractivity contribution in [3.8, 4) is 0 Å². The Bertz CT molecular complexity index is 784. The fourth-order valence-electron chi connectivity index (χ4n) is 3.62. The van der Waals surface area contributed by atoms with Gasteiger partial charge in [-0.2, -0.15) is 4.98 Å². The van der Waals surface area contributed by atoms with Gasteiger partial charge >= 0.3 is 5.97 Å². The first-order valence-electron chi connectivity index (χ1n) is 9.32. The summed E-state index contributed by atoms with van der Waals surface area (Å²) in [6.45, 7) is 2.21. The van der Waals surface area contributed by atoms with Crippen LogP contribution in [0, 0.1) is 12.8 Å². The van der Waals surface area contributed by atoms with Gasteiger partial charge in [0.15, 0.2) is 5.82 Å². The highest BCUT2D eigenvalue weighted by atomic mass is 16.5. The maximum absolute atomic E-state index is 12.1. The summed E-state index contributed by atoms with van der Waals surface area (Å²) < 4.78 is 10.8. The summed E-state index contributed by atoms with van der Waals surface area (Å²) in [4.78, 5) is 16.6. The molecule has 0 saturated heterocycles. The lowest BCUT2D eigenvalue weighted by Gasteiger charge is -2.14.